The summed E-state index contributed by atoms with van der Waals surface area (Å²) in [5, 5.41) is 0.706. The van der Waals surface area contributed by atoms with Gasteiger partial charge < -0.3 is 15.4 Å². The van der Waals surface area contributed by atoms with Crippen molar-refractivity contribution in [2.75, 3.05) is 25.6 Å². The summed E-state index contributed by atoms with van der Waals surface area (Å²) in [6, 6.07) is 3.80. The lowest BCUT2D eigenvalue weighted by Gasteiger charge is -2.37. The Morgan fingerprint density at radius 3 is 2.47 bits per heavy atom. The molecule has 0 aliphatic carbocycles. The smallest absolute Gasteiger partial charge is 0.145 e. The van der Waals surface area contributed by atoms with Gasteiger partial charge in [-0.2, -0.15) is 0 Å². The van der Waals surface area contributed by atoms with Crippen molar-refractivity contribution in [3.8, 4) is 5.75 Å². The van der Waals surface area contributed by atoms with Gasteiger partial charge in [-0.25, -0.2) is 0 Å². The number of rotatable bonds is 4. The Balaban J connectivity index is 3.30. The molecule has 0 bridgehead atoms. The molecule has 0 aliphatic rings. The van der Waals surface area contributed by atoms with Crippen LogP contribution in [0.4, 0.5) is 5.69 Å². The van der Waals surface area contributed by atoms with Crippen molar-refractivity contribution < 1.29 is 4.74 Å². The summed E-state index contributed by atoms with van der Waals surface area (Å²) in [4.78, 5) is 2.10. The summed E-state index contributed by atoms with van der Waals surface area (Å²) in [6.07, 6.45) is 0. The second-order valence-electron chi connectivity index (χ2n) is 4.85. The third-order valence-corrected chi connectivity index (χ3v) is 3.41. The molecule has 1 aromatic rings. The second-order valence-corrected chi connectivity index (χ2v) is 5.29. The van der Waals surface area contributed by atoms with Crippen LogP contribution in [0.5, 0.6) is 5.75 Å². The highest BCUT2D eigenvalue weighted by Crippen LogP contribution is 2.36. The van der Waals surface area contributed by atoms with Gasteiger partial charge in [-0.05, 0) is 38.5 Å². The quantitative estimate of drug-likeness (QED) is 0.900. The van der Waals surface area contributed by atoms with Crippen molar-refractivity contribution in [3.05, 3.63) is 22.7 Å². The Morgan fingerprint density at radius 1 is 1.41 bits per heavy atom. The molecule has 0 radical (unpaired) electrons. The van der Waals surface area contributed by atoms with Crippen LogP contribution < -0.4 is 15.4 Å². The molecule has 0 unspecified atom stereocenters. The molecule has 17 heavy (non-hydrogen) atoms. The van der Waals surface area contributed by atoms with Gasteiger partial charge in [0, 0.05) is 24.2 Å². The molecular weight excluding hydrogens is 236 g/mol. The van der Waals surface area contributed by atoms with Crippen LogP contribution in [0.1, 0.15) is 19.4 Å². The van der Waals surface area contributed by atoms with Crippen molar-refractivity contribution in [2.24, 2.45) is 5.73 Å². The minimum Gasteiger partial charge on any atom is -0.494 e. The van der Waals surface area contributed by atoms with E-state index in [4.69, 9.17) is 22.1 Å². The third kappa shape index (κ3) is 2.85. The Kier molecular flexibility index (Phi) is 4.28. The topological polar surface area (TPSA) is 38.5 Å². The fourth-order valence-corrected chi connectivity index (χ4v) is 1.96. The summed E-state index contributed by atoms with van der Waals surface area (Å²) >= 11 is 6.10. The van der Waals surface area contributed by atoms with Gasteiger partial charge in [-0.15, -0.1) is 0 Å². The van der Waals surface area contributed by atoms with Crippen LogP contribution in [0.2, 0.25) is 5.02 Å². The zero-order valence-electron chi connectivity index (χ0n) is 11.2. The first kappa shape index (κ1) is 14.1. The molecule has 0 heterocycles. The van der Waals surface area contributed by atoms with Crippen LogP contribution in [0.25, 0.3) is 0 Å². The van der Waals surface area contributed by atoms with Gasteiger partial charge in [-0.1, -0.05) is 11.6 Å². The molecule has 0 fully saturated rings. The first-order valence-electron chi connectivity index (χ1n) is 5.61. The fraction of sp³-hybridized carbons (Fsp3) is 0.538. The van der Waals surface area contributed by atoms with Crippen molar-refractivity contribution in [2.45, 2.75) is 26.3 Å². The van der Waals surface area contributed by atoms with E-state index in [-0.39, 0.29) is 5.54 Å². The highest BCUT2D eigenvalue weighted by Gasteiger charge is 2.25. The summed E-state index contributed by atoms with van der Waals surface area (Å²) < 4.78 is 5.45. The van der Waals surface area contributed by atoms with E-state index in [1.54, 1.807) is 7.11 Å². The molecule has 0 saturated heterocycles. The molecule has 0 saturated carbocycles. The molecule has 2 N–H and O–H groups in total. The van der Waals surface area contributed by atoms with Crippen molar-refractivity contribution in [1.82, 2.24) is 0 Å². The normalized spacial score (nSPS) is 11.5. The van der Waals surface area contributed by atoms with Crippen molar-refractivity contribution in [3.63, 3.8) is 0 Å². The third-order valence-electron chi connectivity index (χ3n) is 3.19. The number of hydrogen-bond donors (Lipinski definition) is 1. The van der Waals surface area contributed by atoms with Gasteiger partial charge in [0.1, 0.15) is 5.75 Å². The van der Waals surface area contributed by atoms with Crippen LogP contribution in [-0.2, 0) is 0 Å². The van der Waals surface area contributed by atoms with E-state index in [2.05, 4.69) is 18.7 Å². The van der Waals surface area contributed by atoms with Crippen LogP contribution >= 0.6 is 11.6 Å². The molecule has 1 aromatic carbocycles. The summed E-state index contributed by atoms with van der Waals surface area (Å²) in [7, 11) is 3.67. The minimum absolute atomic E-state index is 0.148. The number of ether oxygens (including phenoxy) is 1. The van der Waals surface area contributed by atoms with Gasteiger partial charge in [0.15, 0.2) is 0 Å². The second kappa shape index (κ2) is 5.15. The van der Waals surface area contributed by atoms with Crippen molar-refractivity contribution in [1.29, 1.82) is 0 Å². The molecule has 4 heteroatoms. The van der Waals surface area contributed by atoms with Crippen LogP contribution in [0.15, 0.2) is 12.1 Å². The Hall–Kier alpha value is -0.930. The molecular formula is C13H21ClN2O. The molecule has 96 valence electrons. The number of hydrogen-bond acceptors (Lipinski definition) is 3. The number of nitrogens with two attached hydrogens (primary N) is 1. The molecule has 3 nitrogen and oxygen atoms in total. The fourth-order valence-electron chi connectivity index (χ4n) is 1.69. The van der Waals surface area contributed by atoms with Gasteiger partial charge in [-0.3, -0.25) is 0 Å². The number of likely N-dealkylation sites (N-methyl/N-ethyl adjacent to an activating group) is 1. The first-order valence-corrected chi connectivity index (χ1v) is 5.99. The highest BCUT2D eigenvalue weighted by atomic mass is 35.5. The van der Waals surface area contributed by atoms with Crippen molar-refractivity contribution >= 4 is 17.3 Å². The molecule has 0 aromatic heterocycles. The lowest BCUT2D eigenvalue weighted by molar-refractivity contribution is 0.405. The van der Waals surface area contributed by atoms with Gasteiger partial charge in [0.05, 0.1) is 12.8 Å². The molecule has 0 spiro atoms. The lowest BCUT2D eigenvalue weighted by atomic mass is 10.0. The average Bonchev–Trinajstić information content (AvgIpc) is 2.27. The Morgan fingerprint density at radius 2 is 2.00 bits per heavy atom. The predicted octanol–water partition coefficient (Wildman–Crippen LogP) is 2.83. The summed E-state index contributed by atoms with van der Waals surface area (Å²) in [5.41, 5.74) is 7.64. The number of nitrogens with zero attached hydrogens (tertiary/aromatic N) is 1. The van der Waals surface area contributed by atoms with Gasteiger partial charge >= 0.3 is 0 Å². The maximum absolute atomic E-state index is 6.10. The number of anilines is 1. The Bertz CT molecular complexity index is 405. The van der Waals surface area contributed by atoms with Crippen LogP contribution in [0.3, 0.4) is 0 Å². The monoisotopic (exact) mass is 256 g/mol. The summed E-state index contributed by atoms with van der Waals surface area (Å²) in [6.45, 7) is 6.71. The van der Waals surface area contributed by atoms with E-state index in [1.165, 1.54) is 0 Å². The van der Waals surface area contributed by atoms with E-state index in [9.17, 15) is 0 Å². The minimum atomic E-state index is -0.148. The van der Waals surface area contributed by atoms with Crippen LogP contribution in [-0.4, -0.2) is 26.2 Å². The number of halogens is 1. The molecule has 0 atom stereocenters. The predicted molar refractivity (Wildman–Crippen MR) is 74.3 cm³/mol. The number of methoxy groups -OCH3 is 1. The number of aryl methyl sites for hydroxylation is 1. The first-order chi connectivity index (χ1) is 7.83. The van der Waals surface area contributed by atoms with Gasteiger partial charge in [0.2, 0.25) is 0 Å². The van der Waals surface area contributed by atoms with E-state index in [0.717, 1.165) is 17.0 Å². The maximum Gasteiger partial charge on any atom is 0.145 e. The zero-order chi connectivity index (χ0) is 13.2. The Labute approximate surface area is 109 Å². The molecule has 0 aliphatic heterocycles. The maximum atomic E-state index is 6.10. The molecule has 1 rings (SSSR count). The lowest BCUT2D eigenvalue weighted by Crippen LogP contribution is -2.47. The standard InChI is InChI=1S/C13H21ClN2O/c1-9-6-10(14)7-11(12(9)17-5)16(4)13(2,3)8-15/h6-7H,8,15H2,1-5H3. The van der Waals surface area contributed by atoms with E-state index in [1.807, 2.05) is 26.1 Å². The molecule has 0 amide bonds. The average molecular weight is 257 g/mol. The highest BCUT2D eigenvalue weighted by molar-refractivity contribution is 6.31. The van der Waals surface area contributed by atoms with E-state index >= 15 is 0 Å². The van der Waals surface area contributed by atoms with E-state index in [0.29, 0.717) is 11.6 Å². The van der Waals surface area contributed by atoms with Gasteiger partial charge in [0.25, 0.3) is 0 Å². The zero-order valence-corrected chi connectivity index (χ0v) is 11.9. The van der Waals surface area contributed by atoms with Crippen LogP contribution in [0, 0.1) is 6.92 Å². The number of benzene rings is 1. The summed E-state index contributed by atoms with van der Waals surface area (Å²) in [5.74, 6) is 0.846. The van der Waals surface area contributed by atoms with E-state index < -0.39 is 0 Å². The SMILES string of the molecule is COc1c(C)cc(Cl)cc1N(C)C(C)(C)CN. The largest absolute Gasteiger partial charge is 0.494 e.